The van der Waals surface area contributed by atoms with Crippen LogP contribution in [0.15, 0.2) is 73.1 Å². The molecule has 202 valence electrons. The lowest BCUT2D eigenvalue weighted by Gasteiger charge is -2.29. The van der Waals surface area contributed by atoms with E-state index in [1.807, 2.05) is 51.1 Å². The Morgan fingerprint density at radius 3 is 2.45 bits per heavy atom. The largest absolute Gasteiger partial charge is 0.323 e. The summed E-state index contributed by atoms with van der Waals surface area (Å²) in [6.07, 6.45) is 3.56. The summed E-state index contributed by atoms with van der Waals surface area (Å²) < 4.78 is 0. The van der Waals surface area contributed by atoms with Crippen LogP contribution >= 0.6 is 11.6 Å². The second kappa shape index (κ2) is 11.3. The Morgan fingerprint density at radius 2 is 1.77 bits per heavy atom. The Bertz CT molecular complexity index is 1580. The van der Waals surface area contributed by atoms with Crippen LogP contribution in [0.25, 0.3) is 0 Å². The molecule has 0 spiro atoms. The predicted octanol–water partition coefficient (Wildman–Crippen LogP) is 5.51. The molecule has 3 heterocycles. The van der Waals surface area contributed by atoms with Gasteiger partial charge in [0.25, 0.3) is 11.8 Å². The van der Waals surface area contributed by atoms with Gasteiger partial charge in [-0.1, -0.05) is 35.9 Å². The Balaban J connectivity index is 1.47. The Kier molecular flexibility index (Phi) is 7.62. The van der Waals surface area contributed by atoms with E-state index in [4.69, 9.17) is 11.6 Å². The van der Waals surface area contributed by atoms with Crippen LogP contribution in [0.3, 0.4) is 0 Å². The van der Waals surface area contributed by atoms with Gasteiger partial charge in [-0.3, -0.25) is 24.4 Å². The zero-order valence-electron chi connectivity index (χ0n) is 22.4. The summed E-state index contributed by atoms with van der Waals surface area (Å²) in [5.41, 5.74) is 5.90. The van der Waals surface area contributed by atoms with Crippen molar-refractivity contribution in [1.29, 1.82) is 0 Å². The summed E-state index contributed by atoms with van der Waals surface area (Å²) in [6.45, 7) is 5.89. The lowest BCUT2D eigenvalue weighted by molar-refractivity contribution is -0.120. The van der Waals surface area contributed by atoms with Gasteiger partial charge in [0, 0.05) is 41.8 Å². The van der Waals surface area contributed by atoms with Crippen LogP contribution in [-0.2, 0) is 17.8 Å². The lowest BCUT2D eigenvalue weighted by atomic mass is 10.0. The quantitative estimate of drug-likeness (QED) is 0.327. The number of rotatable bonds is 6. The van der Waals surface area contributed by atoms with Gasteiger partial charge in [-0.15, -0.1) is 0 Å². The molecule has 5 rings (SSSR count). The number of aromatic nitrogens is 2. The molecule has 0 bridgehead atoms. The number of hydrogen-bond donors (Lipinski definition) is 2. The highest BCUT2D eigenvalue weighted by atomic mass is 35.5. The number of carbonyl (C=O) groups is 3. The smallest absolute Gasteiger partial charge is 0.274 e. The van der Waals surface area contributed by atoms with E-state index in [2.05, 4.69) is 20.6 Å². The molecule has 0 fully saturated rings. The molecule has 40 heavy (non-hydrogen) atoms. The molecular weight excluding hydrogens is 526 g/mol. The maximum atomic E-state index is 13.9. The highest BCUT2D eigenvalue weighted by Crippen LogP contribution is 2.30. The van der Waals surface area contributed by atoms with Gasteiger partial charge in [-0.05, 0) is 79.4 Å². The third-order valence-electron chi connectivity index (χ3n) is 6.87. The van der Waals surface area contributed by atoms with Gasteiger partial charge in [0.2, 0.25) is 5.91 Å². The van der Waals surface area contributed by atoms with E-state index in [-0.39, 0.29) is 30.7 Å². The molecule has 1 atom stereocenters. The Hall–Kier alpha value is -4.56. The third-order valence-corrected chi connectivity index (χ3v) is 7.10. The number of benzene rings is 2. The molecule has 9 heteroatoms. The van der Waals surface area contributed by atoms with Crippen LogP contribution in [0, 0.1) is 20.8 Å². The lowest BCUT2D eigenvalue weighted by Crippen LogP contribution is -2.46. The first kappa shape index (κ1) is 27.0. The van der Waals surface area contributed by atoms with Crippen LogP contribution in [0.5, 0.6) is 0 Å². The number of carbonyl (C=O) groups excluding carboxylic acids is 3. The summed E-state index contributed by atoms with van der Waals surface area (Å²) in [5.74, 6) is -0.906. The van der Waals surface area contributed by atoms with Crippen LogP contribution < -0.4 is 10.6 Å². The van der Waals surface area contributed by atoms with E-state index in [0.717, 1.165) is 22.3 Å². The number of nitrogens with zero attached hydrogens (tertiary/aromatic N) is 3. The van der Waals surface area contributed by atoms with Crippen molar-refractivity contribution < 1.29 is 14.4 Å². The van der Waals surface area contributed by atoms with Gasteiger partial charge in [0.15, 0.2) is 0 Å². The molecule has 1 unspecified atom stereocenters. The fourth-order valence-electron chi connectivity index (χ4n) is 4.88. The average Bonchev–Trinajstić information content (AvgIpc) is 3.01. The fraction of sp³-hybridized carbons (Fsp3) is 0.194. The second-order valence-electron chi connectivity index (χ2n) is 9.93. The predicted molar refractivity (Wildman–Crippen MR) is 155 cm³/mol. The second-order valence-corrected chi connectivity index (χ2v) is 10.4. The van der Waals surface area contributed by atoms with Crippen LogP contribution in [0.2, 0.25) is 5.02 Å². The number of fused-ring (bicyclic) bond motifs is 1. The molecule has 2 aromatic carbocycles. The average molecular weight is 554 g/mol. The molecule has 0 saturated heterocycles. The summed E-state index contributed by atoms with van der Waals surface area (Å²) in [6, 6.07) is 16.9. The van der Waals surface area contributed by atoms with E-state index in [1.165, 1.54) is 0 Å². The molecular formula is C31H28ClN5O3. The van der Waals surface area contributed by atoms with Crippen molar-refractivity contribution in [2.45, 2.75) is 39.8 Å². The number of amides is 3. The Labute approximate surface area is 237 Å². The van der Waals surface area contributed by atoms with E-state index in [1.54, 1.807) is 47.6 Å². The van der Waals surface area contributed by atoms with Crippen molar-refractivity contribution in [3.8, 4) is 0 Å². The highest BCUT2D eigenvalue weighted by molar-refractivity contribution is 6.31. The molecule has 3 amide bonds. The van der Waals surface area contributed by atoms with Crippen molar-refractivity contribution in [3.63, 3.8) is 0 Å². The molecule has 0 saturated carbocycles. The maximum Gasteiger partial charge on any atom is 0.274 e. The minimum absolute atomic E-state index is 0.182. The van der Waals surface area contributed by atoms with Gasteiger partial charge in [0.1, 0.15) is 11.7 Å². The van der Waals surface area contributed by atoms with E-state index < -0.39 is 6.04 Å². The van der Waals surface area contributed by atoms with Crippen molar-refractivity contribution in [2.75, 3.05) is 10.6 Å². The fourth-order valence-corrected chi connectivity index (χ4v) is 5.05. The van der Waals surface area contributed by atoms with Crippen molar-refractivity contribution in [2.24, 2.45) is 0 Å². The number of anilines is 2. The maximum absolute atomic E-state index is 13.9. The minimum atomic E-state index is -0.804. The SMILES string of the molecule is Cc1ccc(C(=O)Nc2c(C)cc(CN3C(=O)c4ccc(Cl)cc4NC(=O)C3Cc3ccccn3)cc2C)nc1. The number of halogens is 1. The molecule has 8 nitrogen and oxygen atoms in total. The standard InChI is InChI=1S/C31H28ClN5O3/c1-18-7-10-25(34-16-18)29(38)36-28-19(2)12-21(13-20(28)3)17-37-27(15-23-6-4-5-11-33-23)30(39)35-26-14-22(32)8-9-24(26)31(37)40/h4-14,16,27H,15,17H2,1-3H3,(H,35,39)(H,36,38). The van der Waals surface area contributed by atoms with Crippen LogP contribution in [0.1, 0.15) is 48.8 Å². The van der Waals surface area contributed by atoms with Crippen molar-refractivity contribution in [3.05, 3.63) is 117 Å². The zero-order valence-corrected chi connectivity index (χ0v) is 23.1. The molecule has 0 aliphatic carbocycles. The van der Waals surface area contributed by atoms with Gasteiger partial charge in [0.05, 0.1) is 11.3 Å². The first-order chi connectivity index (χ1) is 19.2. The number of pyridine rings is 2. The number of nitrogens with one attached hydrogen (secondary N) is 2. The minimum Gasteiger partial charge on any atom is -0.323 e. The number of hydrogen-bond acceptors (Lipinski definition) is 5. The van der Waals surface area contributed by atoms with Gasteiger partial charge in [-0.2, -0.15) is 0 Å². The normalized spacial score (nSPS) is 14.8. The highest BCUT2D eigenvalue weighted by Gasteiger charge is 2.36. The molecule has 1 aliphatic rings. The number of aryl methyl sites for hydroxylation is 3. The zero-order chi connectivity index (χ0) is 28.4. The molecule has 2 aromatic heterocycles. The first-order valence-electron chi connectivity index (χ1n) is 12.8. The summed E-state index contributed by atoms with van der Waals surface area (Å²) >= 11 is 6.17. The monoisotopic (exact) mass is 553 g/mol. The topological polar surface area (TPSA) is 104 Å². The van der Waals surface area contributed by atoms with E-state index in [9.17, 15) is 14.4 Å². The van der Waals surface area contributed by atoms with Gasteiger partial charge < -0.3 is 15.5 Å². The van der Waals surface area contributed by atoms with Crippen molar-refractivity contribution in [1.82, 2.24) is 14.9 Å². The van der Waals surface area contributed by atoms with E-state index >= 15 is 0 Å². The summed E-state index contributed by atoms with van der Waals surface area (Å²) in [7, 11) is 0. The van der Waals surface area contributed by atoms with Crippen molar-refractivity contribution >= 4 is 40.7 Å². The molecule has 4 aromatic rings. The third kappa shape index (κ3) is 5.72. The first-order valence-corrected chi connectivity index (χ1v) is 13.2. The summed E-state index contributed by atoms with van der Waals surface area (Å²) in [5, 5.41) is 6.27. The van der Waals surface area contributed by atoms with Gasteiger partial charge in [-0.25, -0.2) is 0 Å². The molecule has 2 N–H and O–H groups in total. The van der Waals surface area contributed by atoms with Crippen LogP contribution in [-0.4, -0.2) is 38.6 Å². The Morgan fingerprint density at radius 1 is 1.00 bits per heavy atom. The molecule has 0 radical (unpaired) electrons. The van der Waals surface area contributed by atoms with Crippen LogP contribution in [0.4, 0.5) is 11.4 Å². The van der Waals surface area contributed by atoms with E-state index in [0.29, 0.717) is 33.3 Å². The van der Waals surface area contributed by atoms with Gasteiger partial charge >= 0.3 is 0 Å². The molecule has 1 aliphatic heterocycles. The summed E-state index contributed by atoms with van der Waals surface area (Å²) in [4.78, 5) is 50.3.